The van der Waals surface area contributed by atoms with Gasteiger partial charge in [0.05, 0.1) is 7.11 Å². The van der Waals surface area contributed by atoms with Gasteiger partial charge >= 0.3 is 0 Å². The second kappa shape index (κ2) is 6.24. The average molecular weight is 247 g/mol. The van der Waals surface area contributed by atoms with Crippen LogP contribution in [0.5, 0.6) is 5.75 Å². The van der Waals surface area contributed by atoms with Gasteiger partial charge in [-0.25, -0.2) is 0 Å². The van der Waals surface area contributed by atoms with Crippen LogP contribution in [0.1, 0.15) is 51.1 Å². The number of ether oxygens (including phenoxy) is 1. The Hall–Kier alpha value is -1.02. The van der Waals surface area contributed by atoms with Crippen molar-refractivity contribution in [1.82, 2.24) is 5.32 Å². The van der Waals surface area contributed by atoms with E-state index < -0.39 is 0 Å². The Bertz CT molecular complexity index is 356. The van der Waals surface area contributed by atoms with E-state index in [9.17, 15) is 0 Å². The zero-order valence-electron chi connectivity index (χ0n) is 11.8. The van der Waals surface area contributed by atoms with Crippen molar-refractivity contribution in [3.05, 3.63) is 29.8 Å². The summed E-state index contributed by atoms with van der Waals surface area (Å²) in [7, 11) is 1.71. The minimum atomic E-state index is 0.474. The van der Waals surface area contributed by atoms with Crippen molar-refractivity contribution in [1.29, 1.82) is 0 Å². The normalized spacial score (nSPS) is 18.4. The van der Waals surface area contributed by atoms with E-state index in [1.54, 1.807) is 7.11 Å². The molecule has 2 nitrogen and oxygen atoms in total. The predicted octanol–water partition coefficient (Wildman–Crippen LogP) is 3.92. The fourth-order valence-electron chi connectivity index (χ4n) is 2.63. The molecule has 2 heteroatoms. The zero-order valence-corrected chi connectivity index (χ0v) is 11.8. The lowest BCUT2D eigenvalue weighted by atomic mass is 10.0. The molecular weight excluding hydrogens is 222 g/mol. The lowest BCUT2D eigenvalue weighted by Gasteiger charge is -2.24. The van der Waals surface area contributed by atoms with Crippen molar-refractivity contribution in [2.24, 2.45) is 5.92 Å². The van der Waals surface area contributed by atoms with Gasteiger partial charge in [-0.15, -0.1) is 0 Å². The van der Waals surface area contributed by atoms with Crippen molar-refractivity contribution < 1.29 is 4.74 Å². The Morgan fingerprint density at radius 1 is 1.17 bits per heavy atom. The smallest absolute Gasteiger partial charge is 0.118 e. The van der Waals surface area contributed by atoms with Gasteiger partial charge in [0.25, 0.3) is 0 Å². The van der Waals surface area contributed by atoms with Gasteiger partial charge in [0.2, 0.25) is 0 Å². The maximum Gasteiger partial charge on any atom is 0.118 e. The standard InChI is InChI=1S/C16H25NO/c1-4-15(12-6-7-12)17-16(5-2)13-8-10-14(18-3)11-9-13/h8-12,15-17H,4-7H2,1-3H3. The zero-order chi connectivity index (χ0) is 13.0. The van der Waals surface area contributed by atoms with Crippen LogP contribution >= 0.6 is 0 Å². The molecule has 1 fully saturated rings. The van der Waals surface area contributed by atoms with Gasteiger partial charge in [-0.3, -0.25) is 0 Å². The molecule has 1 aromatic carbocycles. The fourth-order valence-corrected chi connectivity index (χ4v) is 2.63. The Balaban J connectivity index is 2.01. The van der Waals surface area contributed by atoms with Crippen LogP contribution in [0.2, 0.25) is 0 Å². The summed E-state index contributed by atoms with van der Waals surface area (Å²) < 4.78 is 5.21. The van der Waals surface area contributed by atoms with E-state index in [-0.39, 0.29) is 0 Å². The van der Waals surface area contributed by atoms with Crippen LogP contribution in [0.4, 0.5) is 0 Å². The van der Waals surface area contributed by atoms with Crippen LogP contribution in [0.3, 0.4) is 0 Å². The highest BCUT2D eigenvalue weighted by Crippen LogP contribution is 2.35. The molecule has 1 saturated carbocycles. The van der Waals surface area contributed by atoms with Crippen LogP contribution < -0.4 is 10.1 Å². The van der Waals surface area contributed by atoms with Crippen LogP contribution in [0.25, 0.3) is 0 Å². The molecule has 0 spiro atoms. The Morgan fingerprint density at radius 2 is 1.83 bits per heavy atom. The fraction of sp³-hybridized carbons (Fsp3) is 0.625. The highest BCUT2D eigenvalue weighted by Gasteiger charge is 2.31. The molecule has 100 valence electrons. The highest BCUT2D eigenvalue weighted by molar-refractivity contribution is 5.29. The minimum absolute atomic E-state index is 0.474. The van der Waals surface area contributed by atoms with E-state index >= 15 is 0 Å². The molecule has 0 saturated heterocycles. The molecular formula is C16H25NO. The second-order valence-corrected chi connectivity index (χ2v) is 5.25. The molecule has 0 amide bonds. The van der Waals surface area contributed by atoms with Gasteiger partial charge in [0, 0.05) is 12.1 Å². The lowest BCUT2D eigenvalue weighted by molar-refractivity contribution is 0.382. The first-order chi connectivity index (χ1) is 8.78. The van der Waals surface area contributed by atoms with Gasteiger partial charge < -0.3 is 10.1 Å². The third-order valence-corrected chi connectivity index (χ3v) is 3.97. The Kier molecular flexibility index (Phi) is 4.65. The first-order valence-electron chi connectivity index (χ1n) is 7.18. The number of methoxy groups -OCH3 is 1. The van der Waals surface area contributed by atoms with Crippen LogP contribution in [0.15, 0.2) is 24.3 Å². The minimum Gasteiger partial charge on any atom is -0.497 e. The van der Waals surface area contributed by atoms with E-state index in [0.717, 1.165) is 18.1 Å². The summed E-state index contributed by atoms with van der Waals surface area (Å²) in [5, 5.41) is 3.83. The van der Waals surface area contributed by atoms with Gasteiger partial charge in [-0.05, 0) is 49.3 Å². The molecule has 0 bridgehead atoms. The molecule has 0 aromatic heterocycles. The van der Waals surface area contributed by atoms with Gasteiger partial charge in [-0.2, -0.15) is 0 Å². The van der Waals surface area contributed by atoms with Gasteiger partial charge in [-0.1, -0.05) is 26.0 Å². The highest BCUT2D eigenvalue weighted by atomic mass is 16.5. The molecule has 1 aliphatic carbocycles. The van der Waals surface area contributed by atoms with E-state index in [2.05, 4.69) is 43.4 Å². The number of hydrogen-bond acceptors (Lipinski definition) is 2. The van der Waals surface area contributed by atoms with Crippen molar-refractivity contribution in [2.45, 2.75) is 51.6 Å². The Labute approximate surface area is 111 Å². The largest absolute Gasteiger partial charge is 0.497 e. The summed E-state index contributed by atoms with van der Waals surface area (Å²) in [5.74, 6) is 1.85. The van der Waals surface area contributed by atoms with Crippen LogP contribution in [-0.4, -0.2) is 13.2 Å². The number of nitrogens with one attached hydrogen (secondary N) is 1. The maximum atomic E-state index is 5.21. The van der Waals surface area contributed by atoms with Crippen molar-refractivity contribution >= 4 is 0 Å². The third-order valence-electron chi connectivity index (χ3n) is 3.97. The molecule has 1 aliphatic rings. The van der Waals surface area contributed by atoms with Gasteiger partial charge in [0.15, 0.2) is 0 Å². The SMILES string of the molecule is CCC(NC(CC)C1CC1)c1ccc(OC)cc1. The van der Waals surface area contributed by atoms with E-state index in [1.165, 1.54) is 24.8 Å². The Morgan fingerprint density at radius 3 is 2.28 bits per heavy atom. The molecule has 2 unspecified atom stereocenters. The quantitative estimate of drug-likeness (QED) is 0.788. The van der Waals surface area contributed by atoms with Crippen molar-refractivity contribution in [2.75, 3.05) is 7.11 Å². The van der Waals surface area contributed by atoms with E-state index in [4.69, 9.17) is 4.74 Å². The molecule has 0 heterocycles. The number of rotatable bonds is 7. The first kappa shape index (κ1) is 13.4. The summed E-state index contributed by atoms with van der Waals surface area (Å²) in [4.78, 5) is 0. The average Bonchev–Trinajstić information content (AvgIpc) is 3.25. The molecule has 18 heavy (non-hydrogen) atoms. The lowest BCUT2D eigenvalue weighted by Crippen LogP contribution is -2.33. The van der Waals surface area contributed by atoms with E-state index in [1.807, 2.05) is 0 Å². The molecule has 0 aliphatic heterocycles. The summed E-state index contributed by atoms with van der Waals surface area (Å²) in [5.41, 5.74) is 1.37. The maximum absolute atomic E-state index is 5.21. The molecule has 1 aromatic rings. The number of benzene rings is 1. The third kappa shape index (κ3) is 3.26. The van der Waals surface area contributed by atoms with Gasteiger partial charge in [0.1, 0.15) is 5.75 Å². The summed E-state index contributed by atoms with van der Waals surface area (Å²) in [6, 6.07) is 9.63. The van der Waals surface area contributed by atoms with E-state index in [0.29, 0.717) is 12.1 Å². The molecule has 2 rings (SSSR count). The van der Waals surface area contributed by atoms with Crippen molar-refractivity contribution in [3.63, 3.8) is 0 Å². The van der Waals surface area contributed by atoms with Crippen LogP contribution in [-0.2, 0) is 0 Å². The molecule has 0 radical (unpaired) electrons. The first-order valence-corrected chi connectivity index (χ1v) is 7.18. The predicted molar refractivity (Wildman–Crippen MR) is 76.0 cm³/mol. The topological polar surface area (TPSA) is 21.3 Å². The summed E-state index contributed by atoms with van der Waals surface area (Å²) in [6.45, 7) is 4.54. The monoisotopic (exact) mass is 247 g/mol. The molecule has 1 N–H and O–H groups in total. The van der Waals surface area contributed by atoms with Crippen molar-refractivity contribution in [3.8, 4) is 5.75 Å². The molecule has 2 atom stereocenters. The second-order valence-electron chi connectivity index (χ2n) is 5.25. The van der Waals surface area contributed by atoms with Crippen LogP contribution in [0, 0.1) is 5.92 Å². The number of hydrogen-bond donors (Lipinski definition) is 1. The summed E-state index contributed by atoms with van der Waals surface area (Å²) >= 11 is 0. The summed E-state index contributed by atoms with van der Waals surface area (Å²) in [6.07, 6.45) is 5.18.